The first kappa shape index (κ1) is 14.8. The number of likely N-dealkylation sites (tertiary alicyclic amines) is 1. The molecule has 2 rings (SSSR count). The van der Waals surface area contributed by atoms with Crippen molar-refractivity contribution >= 4 is 5.91 Å². The number of aliphatic hydroxyl groups is 1. The number of halogens is 1. The highest BCUT2D eigenvalue weighted by Crippen LogP contribution is 2.24. The van der Waals surface area contributed by atoms with Gasteiger partial charge in [-0.3, -0.25) is 4.79 Å². The molecule has 110 valence electrons. The molecule has 1 amide bonds. The van der Waals surface area contributed by atoms with Gasteiger partial charge in [0.2, 0.25) is 5.91 Å². The van der Waals surface area contributed by atoms with Crippen molar-refractivity contribution in [1.29, 1.82) is 0 Å². The van der Waals surface area contributed by atoms with E-state index in [1.807, 2.05) is 6.92 Å². The molecule has 0 radical (unpaired) electrons. The topological polar surface area (TPSA) is 49.8 Å². The Labute approximate surface area is 118 Å². The summed E-state index contributed by atoms with van der Waals surface area (Å²) in [6.07, 6.45) is 1.15. The molecule has 0 aliphatic carbocycles. The number of rotatable bonds is 5. The number of hydrogen-bond donors (Lipinski definition) is 1. The predicted octanol–water partition coefficient (Wildman–Crippen LogP) is 1.82. The van der Waals surface area contributed by atoms with Crippen LogP contribution >= 0.6 is 0 Å². The molecule has 20 heavy (non-hydrogen) atoms. The molecule has 0 spiro atoms. The molecule has 1 N–H and O–H groups in total. The molecule has 2 atom stereocenters. The zero-order valence-corrected chi connectivity index (χ0v) is 11.6. The molecule has 1 aliphatic heterocycles. The van der Waals surface area contributed by atoms with E-state index in [0.717, 1.165) is 6.42 Å². The zero-order valence-electron chi connectivity index (χ0n) is 11.6. The molecule has 0 saturated carbocycles. The van der Waals surface area contributed by atoms with Crippen LogP contribution in [0, 0.1) is 11.7 Å². The molecule has 1 aromatic carbocycles. The Hall–Kier alpha value is -1.62. The van der Waals surface area contributed by atoms with Gasteiger partial charge in [-0.2, -0.15) is 0 Å². The lowest BCUT2D eigenvalue weighted by Gasteiger charge is -2.25. The molecule has 1 aromatic rings. The lowest BCUT2D eigenvalue weighted by molar-refractivity contribution is -0.133. The second-order valence-electron chi connectivity index (χ2n) is 5.16. The van der Waals surface area contributed by atoms with E-state index < -0.39 is 0 Å². The second-order valence-corrected chi connectivity index (χ2v) is 5.16. The van der Waals surface area contributed by atoms with Gasteiger partial charge in [0.15, 0.2) is 0 Å². The summed E-state index contributed by atoms with van der Waals surface area (Å²) in [5.74, 6) is 0.367. The quantitative estimate of drug-likeness (QED) is 0.895. The normalized spacial score (nSPS) is 22.1. The molecule has 2 unspecified atom stereocenters. The lowest BCUT2D eigenvalue weighted by atomic mass is 10.0. The van der Waals surface area contributed by atoms with Crippen molar-refractivity contribution in [1.82, 2.24) is 4.90 Å². The highest BCUT2D eigenvalue weighted by molar-refractivity contribution is 5.77. The fourth-order valence-corrected chi connectivity index (χ4v) is 2.55. The number of benzene rings is 1. The third-order valence-electron chi connectivity index (χ3n) is 3.77. The van der Waals surface area contributed by atoms with Gasteiger partial charge in [-0.25, -0.2) is 4.39 Å². The van der Waals surface area contributed by atoms with Crippen molar-refractivity contribution < 1.29 is 19.0 Å². The van der Waals surface area contributed by atoms with Crippen molar-refractivity contribution in [3.63, 3.8) is 0 Å². The highest BCUT2D eigenvalue weighted by atomic mass is 19.1. The maximum Gasteiger partial charge on any atom is 0.226 e. The molecule has 1 heterocycles. The molecule has 1 fully saturated rings. The van der Waals surface area contributed by atoms with Gasteiger partial charge in [-0.05, 0) is 24.5 Å². The van der Waals surface area contributed by atoms with Crippen molar-refractivity contribution in [2.45, 2.75) is 25.8 Å². The Bertz CT molecular complexity index is 466. The minimum atomic E-state index is -0.359. The van der Waals surface area contributed by atoms with E-state index >= 15 is 0 Å². The van der Waals surface area contributed by atoms with Crippen molar-refractivity contribution in [3.05, 3.63) is 30.1 Å². The molecule has 1 aliphatic rings. The Kier molecular flexibility index (Phi) is 4.95. The molecule has 4 nitrogen and oxygen atoms in total. The standard InChI is InChI=1S/C15H20FNO3/c1-11-5-7-17(14(11)10-18)15(19)6-8-20-13-4-2-3-12(16)9-13/h2-4,9,11,14,18H,5-8,10H2,1H3. The first-order valence-electron chi connectivity index (χ1n) is 6.90. The van der Waals surface area contributed by atoms with E-state index in [-0.39, 0.29) is 37.4 Å². The van der Waals surface area contributed by atoms with Crippen LogP contribution in [0.2, 0.25) is 0 Å². The van der Waals surface area contributed by atoms with Gasteiger partial charge in [-0.1, -0.05) is 13.0 Å². The van der Waals surface area contributed by atoms with E-state index in [9.17, 15) is 14.3 Å². The Morgan fingerprint density at radius 1 is 1.55 bits per heavy atom. The maximum absolute atomic E-state index is 13.0. The number of hydrogen-bond acceptors (Lipinski definition) is 3. The fraction of sp³-hybridized carbons (Fsp3) is 0.533. The van der Waals surface area contributed by atoms with Crippen LogP contribution in [0.4, 0.5) is 4.39 Å². The van der Waals surface area contributed by atoms with Crippen LogP contribution in [-0.4, -0.2) is 41.7 Å². The molecule has 0 aromatic heterocycles. The second kappa shape index (κ2) is 6.70. The molecular formula is C15H20FNO3. The molecule has 1 saturated heterocycles. The average Bonchev–Trinajstić information content (AvgIpc) is 2.80. The van der Waals surface area contributed by atoms with E-state index in [1.54, 1.807) is 17.0 Å². The van der Waals surface area contributed by atoms with Crippen molar-refractivity contribution in [2.24, 2.45) is 5.92 Å². The zero-order chi connectivity index (χ0) is 14.5. The summed E-state index contributed by atoms with van der Waals surface area (Å²) < 4.78 is 18.3. The van der Waals surface area contributed by atoms with Gasteiger partial charge in [0, 0.05) is 12.6 Å². The number of nitrogens with zero attached hydrogens (tertiary/aromatic N) is 1. The summed E-state index contributed by atoms with van der Waals surface area (Å²) in [4.78, 5) is 13.8. The summed E-state index contributed by atoms with van der Waals surface area (Å²) in [7, 11) is 0. The minimum Gasteiger partial charge on any atom is -0.493 e. The number of amides is 1. The van der Waals surface area contributed by atoms with E-state index in [0.29, 0.717) is 18.2 Å². The highest BCUT2D eigenvalue weighted by Gasteiger charge is 2.33. The van der Waals surface area contributed by atoms with Gasteiger partial charge in [0.25, 0.3) is 0 Å². The van der Waals surface area contributed by atoms with Crippen LogP contribution in [0.5, 0.6) is 5.75 Å². The fourth-order valence-electron chi connectivity index (χ4n) is 2.55. The minimum absolute atomic E-state index is 0.00232. The van der Waals surface area contributed by atoms with Gasteiger partial charge in [0.1, 0.15) is 11.6 Å². The first-order valence-corrected chi connectivity index (χ1v) is 6.90. The average molecular weight is 281 g/mol. The van der Waals surface area contributed by atoms with E-state index in [2.05, 4.69) is 0 Å². The summed E-state index contributed by atoms with van der Waals surface area (Å²) in [5.41, 5.74) is 0. The summed E-state index contributed by atoms with van der Waals surface area (Å²) in [5, 5.41) is 9.32. The number of carbonyl (C=O) groups excluding carboxylic acids is 1. The van der Waals surface area contributed by atoms with E-state index in [4.69, 9.17) is 4.74 Å². The Balaban J connectivity index is 1.81. The third kappa shape index (κ3) is 3.48. The third-order valence-corrected chi connectivity index (χ3v) is 3.77. The van der Waals surface area contributed by atoms with Crippen LogP contribution in [0.25, 0.3) is 0 Å². The Morgan fingerprint density at radius 3 is 3.05 bits per heavy atom. The molecular weight excluding hydrogens is 261 g/mol. The maximum atomic E-state index is 13.0. The Morgan fingerprint density at radius 2 is 2.35 bits per heavy atom. The van der Waals surface area contributed by atoms with Crippen molar-refractivity contribution in [2.75, 3.05) is 19.8 Å². The number of carbonyl (C=O) groups is 1. The molecule has 0 bridgehead atoms. The van der Waals surface area contributed by atoms with Gasteiger partial charge in [-0.15, -0.1) is 0 Å². The van der Waals surface area contributed by atoms with Crippen LogP contribution in [0.3, 0.4) is 0 Å². The smallest absolute Gasteiger partial charge is 0.226 e. The first-order chi connectivity index (χ1) is 9.61. The van der Waals surface area contributed by atoms with Gasteiger partial charge < -0.3 is 14.7 Å². The van der Waals surface area contributed by atoms with Crippen LogP contribution in [-0.2, 0) is 4.79 Å². The monoisotopic (exact) mass is 281 g/mol. The van der Waals surface area contributed by atoms with Gasteiger partial charge in [0.05, 0.1) is 25.7 Å². The van der Waals surface area contributed by atoms with Crippen LogP contribution < -0.4 is 4.74 Å². The molecule has 5 heteroatoms. The number of ether oxygens (including phenoxy) is 1. The summed E-state index contributed by atoms with van der Waals surface area (Å²) in [6, 6.07) is 5.77. The van der Waals surface area contributed by atoms with E-state index in [1.165, 1.54) is 12.1 Å². The lowest BCUT2D eigenvalue weighted by Crippen LogP contribution is -2.40. The van der Waals surface area contributed by atoms with Gasteiger partial charge >= 0.3 is 0 Å². The summed E-state index contributed by atoms with van der Waals surface area (Å²) >= 11 is 0. The summed E-state index contributed by atoms with van der Waals surface area (Å²) in [6.45, 7) is 2.94. The van der Waals surface area contributed by atoms with Crippen LogP contribution in [0.1, 0.15) is 19.8 Å². The largest absolute Gasteiger partial charge is 0.493 e. The predicted molar refractivity (Wildman–Crippen MR) is 72.9 cm³/mol. The number of aliphatic hydroxyl groups excluding tert-OH is 1. The SMILES string of the molecule is CC1CCN(C(=O)CCOc2cccc(F)c2)C1CO. The van der Waals surface area contributed by atoms with Crippen LogP contribution in [0.15, 0.2) is 24.3 Å². The van der Waals surface area contributed by atoms with Crippen molar-refractivity contribution in [3.8, 4) is 5.75 Å².